The summed E-state index contributed by atoms with van der Waals surface area (Å²) in [5.74, 6) is 0. The summed E-state index contributed by atoms with van der Waals surface area (Å²) in [6.07, 6.45) is 7.63. The van der Waals surface area contributed by atoms with Crippen molar-refractivity contribution in [1.82, 2.24) is 9.80 Å². The SMILES string of the molecule is CC(C)(C)OC(=O)N1CCC(N2CC=CCC2)CC1. The molecule has 19 heavy (non-hydrogen) atoms. The van der Waals surface area contributed by atoms with Crippen LogP contribution < -0.4 is 0 Å². The number of carbonyl (C=O) groups is 1. The molecule has 2 aliphatic heterocycles. The molecule has 2 aliphatic rings. The van der Waals surface area contributed by atoms with Crippen LogP contribution in [0.25, 0.3) is 0 Å². The van der Waals surface area contributed by atoms with Crippen LogP contribution in [0.3, 0.4) is 0 Å². The molecule has 0 aromatic heterocycles. The molecule has 4 nitrogen and oxygen atoms in total. The molecule has 108 valence electrons. The predicted octanol–water partition coefficient (Wildman–Crippen LogP) is 2.65. The van der Waals surface area contributed by atoms with Crippen molar-refractivity contribution < 1.29 is 9.53 Å². The van der Waals surface area contributed by atoms with Crippen LogP contribution in [0.1, 0.15) is 40.0 Å². The molecule has 4 heteroatoms. The zero-order valence-electron chi connectivity index (χ0n) is 12.4. The minimum absolute atomic E-state index is 0.163. The third kappa shape index (κ3) is 4.23. The molecule has 0 aromatic rings. The molecule has 1 fully saturated rings. The number of ether oxygens (including phenoxy) is 1. The summed E-state index contributed by atoms with van der Waals surface area (Å²) in [7, 11) is 0. The van der Waals surface area contributed by atoms with Gasteiger partial charge in [0.1, 0.15) is 5.60 Å². The number of nitrogens with zero attached hydrogens (tertiary/aromatic N) is 2. The summed E-state index contributed by atoms with van der Waals surface area (Å²) in [5, 5.41) is 0. The Bertz CT molecular complexity index is 339. The van der Waals surface area contributed by atoms with E-state index in [1.807, 2.05) is 25.7 Å². The van der Waals surface area contributed by atoms with Gasteiger partial charge in [0.15, 0.2) is 0 Å². The average Bonchev–Trinajstić information content (AvgIpc) is 2.38. The van der Waals surface area contributed by atoms with Gasteiger partial charge in [0.25, 0.3) is 0 Å². The van der Waals surface area contributed by atoms with E-state index >= 15 is 0 Å². The first-order chi connectivity index (χ1) is 8.96. The summed E-state index contributed by atoms with van der Waals surface area (Å²) in [5.41, 5.74) is -0.397. The highest BCUT2D eigenvalue weighted by atomic mass is 16.6. The largest absolute Gasteiger partial charge is 0.444 e. The molecule has 0 spiro atoms. The summed E-state index contributed by atoms with van der Waals surface area (Å²) < 4.78 is 5.42. The maximum Gasteiger partial charge on any atom is 0.410 e. The lowest BCUT2D eigenvalue weighted by atomic mass is 10.0. The lowest BCUT2D eigenvalue weighted by molar-refractivity contribution is 0.0148. The van der Waals surface area contributed by atoms with Crippen molar-refractivity contribution >= 4 is 6.09 Å². The molecule has 0 saturated carbocycles. The number of piperidine rings is 1. The molecule has 2 rings (SSSR count). The average molecular weight is 266 g/mol. The fourth-order valence-electron chi connectivity index (χ4n) is 2.73. The molecule has 2 heterocycles. The van der Waals surface area contributed by atoms with Gasteiger partial charge in [0.05, 0.1) is 0 Å². The third-order valence-electron chi connectivity index (χ3n) is 3.72. The van der Waals surface area contributed by atoms with Gasteiger partial charge >= 0.3 is 6.09 Å². The minimum atomic E-state index is -0.397. The number of likely N-dealkylation sites (tertiary alicyclic amines) is 1. The highest BCUT2D eigenvalue weighted by Gasteiger charge is 2.29. The molecule has 0 radical (unpaired) electrons. The Hall–Kier alpha value is -1.03. The van der Waals surface area contributed by atoms with E-state index in [2.05, 4.69) is 17.1 Å². The maximum atomic E-state index is 12.0. The first-order valence-corrected chi connectivity index (χ1v) is 7.33. The molecule has 0 N–H and O–H groups in total. The molecule has 0 unspecified atom stereocenters. The van der Waals surface area contributed by atoms with Crippen LogP contribution in [0.4, 0.5) is 4.79 Å². The normalized spacial score (nSPS) is 22.6. The smallest absolute Gasteiger partial charge is 0.410 e. The lowest BCUT2D eigenvalue weighted by Gasteiger charge is -2.39. The molecule has 0 aromatic carbocycles. The van der Waals surface area contributed by atoms with E-state index in [4.69, 9.17) is 4.74 Å². The van der Waals surface area contributed by atoms with E-state index < -0.39 is 5.60 Å². The molecule has 1 saturated heterocycles. The standard InChI is InChI=1S/C15H26N2O2/c1-15(2,3)19-14(18)17-11-7-13(8-12-17)16-9-5-4-6-10-16/h4-5,13H,6-12H2,1-3H3. The van der Waals surface area contributed by atoms with Crippen LogP contribution in [0.5, 0.6) is 0 Å². The van der Waals surface area contributed by atoms with E-state index in [-0.39, 0.29) is 6.09 Å². The number of amides is 1. The van der Waals surface area contributed by atoms with Crippen molar-refractivity contribution in [1.29, 1.82) is 0 Å². The van der Waals surface area contributed by atoms with Gasteiger partial charge in [0.2, 0.25) is 0 Å². The Morgan fingerprint density at radius 1 is 1.16 bits per heavy atom. The second kappa shape index (κ2) is 5.95. The Labute approximate surface area is 116 Å². The van der Waals surface area contributed by atoms with Gasteiger partial charge in [0, 0.05) is 32.2 Å². The zero-order chi connectivity index (χ0) is 13.9. The van der Waals surface area contributed by atoms with E-state index in [0.717, 1.165) is 45.4 Å². The number of hydrogen-bond donors (Lipinski definition) is 0. The van der Waals surface area contributed by atoms with Crippen molar-refractivity contribution in [2.75, 3.05) is 26.2 Å². The highest BCUT2D eigenvalue weighted by molar-refractivity contribution is 5.68. The topological polar surface area (TPSA) is 32.8 Å². The molecule has 0 atom stereocenters. The number of hydrogen-bond acceptors (Lipinski definition) is 3. The fourth-order valence-corrected chi connectivity index (χ4v) is 2.73. The van der Waals surface area contributed by atoms with Crippen molar-refractivity contribution in [3.63, 3.8) is 0 Å². The van der Waals surface area contributed by atoms with Crippen LogP contribution in [-0.2, 0) is 4.74 Å². The molecule has 0 bridgehead atoms. The first-order valence-electron chi connectivity index (χ1n) is 7.33. The molecular weight excluding hydrogens is 240 g/mol. The minimum Gasteiger partial charge on any atom is -0.444 e. The van der Waals surface area contributed by atoms with Crippen molar-refractivity contribution in [2.24, 2.45) is 0 Å². The van der Waals surface area contributed by atoms with Crippen LogP contribution in [-0.4, -0.2) is 53.7 Å². The van der Waals surface area contributed by atoms with Gasteiger partial charge in [-0.2, -0.15) is 0 Å². The Morgan fingerprint density at radius 3 is 2.37 bits per heavy atom. The zero-order valence-corrected chi connectivity index (χ0v) is 12.4. The highest BCUT2D eigenvalue weighted by Crippen LogP contribution is 2.20. The van der Waals surface area contributed by atoms with Crippen molar-refractivity contribution in [3.8, 4) is 0 Å². The predicted molar refractivity (Wildman–Crippen MR) is 76.2 cm³/mol. The maximum absolute atomic E-state index is 12.0. The second-order valence-electron chi connectivity index (χ2n) is 6.45. The van der Waals surface area contributed by atoms with Gasteiger partial charge in [-0.15, -0.1) is 0 Å². The Morgan fingerprint density at radius 2 is 1.84 bits per heavy atom. The van der Waals surface area contributed by atoms with E-state index in [9.17, 15) is 4.79 Å². The summed E-state index contributed by atoms with van der Waals surface area (Å²) in [6, 6.07) is 0.628. The van der Waals surface area contributed by atoms with E-state index in [1.54, 1.807) is 0 Å². The summed E-state index contributed by atoms with van der Waals surface area (Å²) >= 11 is 0. The van der Waals surface area contributed by atoms with Gasteiger partial charge < -0.3 is 9.64 Å². The van der Waals surface area contributed by atoms with Crippen molar-refractivity contribution in [2.45, 2.75) is 51.7 Å². The summed E-state index contributed by atoms with van der Waals surface area (Å²) in [6.45, 7) is 9.61. The Kier molecular flexibility index (Phi) is 4.50. The Balaban J connectivity index is 1.79. The van der Waals surface area contributed by atoms with Crippen LogP contribution in [0, 0.1) is 0 Å². The number of carbonyl (C=O) groups excluding carboxylic acids is 1. The van der Waals surface area contributed by atoms with Gasteiger partial charge in [-0.05, 0) is 40.0 Å². The van der Waals surface area contributed by atoms with Gasteiger partial charge in [-0.25, -0.2) is 4.79 Å². The van der Waals surface area contributed by atoms with Crippen molar-refractivity contribution in [3.05, 3.63) is 12.2 Å². The van der Waals surface area contributed by atoms with Crippen LogP contribution >= 0.6 is 0 Å². The lowest BCUT2D eigenvalue weighted by Crippen LogP contribution is -2.48. The second-order valence-corrected chi connectivity index (χ2v) is 6.45. The monoisotopic (exact) mass is 266 g/mol. The molecular formula is C15H26N2O2. The fraction of sp³-hybridized carbons (Fsp3) is 0.800. The first kappa shape index (κ1) is 14.4. The third-order valence-corrected chi connectivity index (χ3v) is 3.72. The van der Waals surface area contributed by atoms with Crippen LogP contribution in [0.2, 0.25) is 0 Å². The quantitative estimate of drug-likeness (QED) is 0.684. The van der Waals surface area contributed by atoms with Gasteiger partial charge in [-0.3, -0.25) is 4.90 Å². The van der Waals surface area contributed by atoms with Gasteiger partial charge in [-0.1, -0.05) is 12.2 Å². The molecule has 0 aliphatic carbocycles. The number of rotatable bonds is 1. The van der Waals surface area contributed by atoms with E-state index in [0.29, 0.717) is 6.04 Å². The van der Waals surface area contributed by atoms with Crippen LogP contribution in [0.15, 0.2) is 12.2 Å². The molecule has 1 amide bonds. The van der Waals surface area contributed by atoms with E-state index in [1.165, 1.54) is 0 Å². The summed E-state index contributed by atoms with van der Waals surface area (Å²) in [4.78, 5) is 16.4.